The first-order chi connectivity index (χ1) is 10.4. The van der Waals surface area contributed by atoms with Crippen molar-refractivity contribution in [2.24, 2.45) is 5.92 Å². The highest BCUT2D eigenvalue weighted by Gasteiger charge is 2.34. The topological polar surface area (TPSA) is 24.5 Å². The molecule has 1 saturated heterocycles. The molecule has 21 heavy (non-hydrogen) atoms. The van der Waals surface area contributed by atoms with Crippen LogP contribution in [0, 0.1) is 5.92 Å². The van der Waals surface area contributed by atoms with Crippen molar-refractivity contribution in [3.8, 4) is 0 Å². The average Bonchev–Trinajstić information content (AvgIpc) is 3.01. The van der Waals surface area contributed by atoms with Crippen LogP contribution in [0.2, 0.25) is 0 Å². The zero-order chi connectivity index (χ0) is 14.5. The predicted octanol–water partition coefficient (Wildman–Crippen LogP) is 3.19. The first kappa shape index (κ1) is 14.9. The number of rotatable bonds is 6. The van der Waals surface area contributed by atoms with E-state index in [0.717, 1.165) is 31.7 Å². The summed E-state index contributed by atoms with van der Waals surface area (Å²) in [5.41, 5.74) is 2.78. The van der Waals surface area contributed by atoms with E-state index in [9.17, 15) is 0 Å². The van der Waals surface area contributed by atoms with Crippen LogP contribution >= 0.6 is 0 Å². The van der Waals surface area contributed by atoms with E-state index in [1.807, 2.05) is 0 Å². The summed E-state index contributed by atoms with van der Waals surface area (Å²) in [4.78, 5) is 2.67. The second kappa shape index (κ2) is 7.28. The fourth-order valence-corrected chi connectivity index (χ4v) is 3.99. The van der Waals surface area contributed by atoms with E-state index >= 15 is 0 Å². The number of hydrogen-bond donors (Lipinski definition) is 1. The van der Waals surface area contributed by atoms with Crippen molar-refractivity contribution in [1.82, 2.24) is 5.32 Å². The number of piperidine rings is 1. The molecule has 1 N–H and O–H groups in total. The van der Waals surface area contributed by atoms with Crippen LogP contribution in [0.5, 0.6) is 0 Å². The number of methoxy groups -OCH3 is 1. The molecule has 1 aromatic carbocycles. The van der Waals surface area contributed by atoms with Crippen LogP contribution in [0.1, 0.15) is 37.7 Å². The van der Waals surface area contributed by atoms with Gasteiger partial charge in [0.05, 0.1) is 6.61 Å². The molecule has 2 unspecified atom stereocenters. The zero-order valence-electron chi connectivity index (χ0n) is 13.2. The highest BCUT2D eigenvalue weighted by Crippen LogP contribution is 2.39. The number of nitrogens with one attached hydrogen (secondary N) is 1. The fourth-order valence-electron chi connectivity index (χ4n) is 3.99. The summed E-state index contributed by atoms with van der Waals surface area (Å²) >= 11 is 0. The highest BCUT2D eigenvalue weighted by molar-refractivity contribution is 5.49. The van der Waals surface area contributed by atoms with Crippen LogP contribution in [-0.2, 0) is 11.3 Å². The Labute approximate surface area is 128 Å². The van der Waals surface area contributed by atoms with E-state index in [1.54, 1.807) is 7.11 Å². The number of anilines is 1. The Morgan fingerprint density at radius 3 is 2.76 bits per heavy atom. The molecule has 2 aliphatic rings. The van der Waals surface area contributed by atoms with Gasteiger partial charge in [-0.05, 0) is 49.3 Å². The summed E-state index contributed by atoms with van der Waals surface area (Å²) in [6.45, 7) is 3.85. The Morgan fingerprint density at radius 2 is 1.95 bits per heavy atom. The summed E-state index contributed by atoms with van der Waals surface area (Å²) < 4.78 is 5.05. The van der Waals surface area contributed by atoms with Gasteiger partial charge in [-0.1, -0.05) is 18.6 Å². The molecular formula is C18H28N2O. The summed E-state index contributed by atoms with van der Waals surface area (Å²) in [6, 6.07) is 9.98. The lowest BCUT2D eigenvalue weighted by atomic mass is 9.91. The van der Waals surface area contributed by atoms with Crippen molar-refractivity contribution in [1.29, 1.82) is 0 Å². The molecule has 2 atom stereocenters. The lowest BCUT2D eigenvalue weighted by Crippen LogP contribution is -2.42. The van der Waals surface area contributed by atoms with Crippen LogP contribution in [0.15, 0.2) is 24.3 Å². The molecule has 0 radical (unpaired) electrons. The Morgan fingerprint density at radius 1 is 1.14 bits per heavy atom. The molecular weight excluding hydrogens is 260 g/mol. The number of fused-ring (bicyclic) bond motifs is 1. The van der Waals surface area contributed by atoms with Gasteiger partial charge in [0.1, 0.15) is 0 Å². The van der Waals surface area contributed by atoms with Gasteiger partial charge in [-0.2, -0.15) is 0 Å². The summed E-state index contributed by atoms with van der Waals surface area (Å²) in [6.07, 6.45) is 7.07. The first-order valence-electron chi connectivity index (χ1n) is 8.44. The van der Waals surface area contributed by atoms with Crippen LogP contribution in [0.25, 0.3) is 0 Å². The average molecular weight is 288 g/mol. The first-order valence-corrected chi connectivity index (χ1v) is 8.44. The van der Waals surface area contributed by atoms with Crippen LogP contribution in [-0.4, -0.2) is 32.8 Å². The lowest BCUT2D eigenvalue weighted by molar-refractivity contribution is 0.199. The third-order valence-corrected chi connectivity index (χ3v) is 5.07. The van der Waals surface area contributed by atoms with Gasteiger partial charge in [0.15, 0.2) is 0 Å². The normalized spacial score (nSPS) is 25.1. The fraction of sp³-hybridized carbons (Fsp3) is 0.667. The van der Waals surface area contributed by atoms with Crippen molar-refractivity contribution in [3.05, 3.63) is 29.8 Å². The van der Waals surface area contributed by atoms with Gasteiger partial charge < -0.3 is 15.0 Å². The monoisotopic (exact) mass is 288 g/mol. The molecule has 0 spiro atoms. The van der Waals surface area contributed by atoms with Gasteiger partial charge in [-0.3, -0.25) is 0 Å². The van der Waals surface area contributed by atoms with E-state index < -0.39 is 0 Å². The van der Waals surface area contributed by atoms with E-state index in [1.165, 1.54) is 49.9 Å². The smallest absolute Gasteiger partial charge is 0.0587 e. The third kappa shape index (κ3) is 3.58. The predicted molar refractivity (Wildman–Crippen MR) is 87.7 cm³/mol. The molecule has 1 saturated carbocycles. The third-order valence-electron chi connectivity index (χ3n) is 5.07. The lowest BCUT2D eigenvalue weighted by Gasteiger charge is -2.39. The molecule has 116 valence electrons. The quantitative estimate of drug-likeness (QED) is 0.814. The van der Waals surface area contributed by atoms with E-state index in [0.29, 0.717) is 0 Å². The molecule has 0 amide bonds. The standard InChI is InChI=1S/C18H28N2O/c1-21-13-11-19-14-15-7-9-17(10-8-15)20-12-3-5-16-4-2-6-18(16)20/h7-10,16,18-19H,2-6,11-14H2,1H3. The maximum Gasteiger partial charge on any atom is 0.0587 e. The van der Waals surface area contributed by atoms with Crippen LogP contribution in [0.4, 0.5) is 5.69 Å². The minimum atomic E-state index is 0.773. The van der Waals surface area contributed by atoms with Gasteiger partial charge in [0, 0.05) is 38.5 Å². The Kier molecular flexibility index (Phi) is 5.15. The Balaban J connectivity index is 1.58. The maximum atomic E-state index is 5.05. The van der Waals surface area contributed by atoms with Gasteiger partial charge in [0.25, 0.3) is 0 Å². The molecule has 1 aliphatic heterocycles. The largest absolute Gasteiger partial charge is 0.383 e. The van der Waals surface area contributed by atoms with Gasteiger partial charge in [0.2, 0.25) is 0 Å². The minimum Gasteiger partial charge on any atom is -0.383 e. The summed E-state index contributed by atoms with van der Waals surface area (Å²) in [7, 11) is 1.74. The van der Waals surface area contributed by atoms with E-state index in [-0.39, 0.29) is 0 Å². The second-order valence-corrected chi connectivity index (χ2v) is 6.43. The minimum absolute atomic E-state index is 0.773. The second-order valence-electron chi connectivity index (χ2n) is 6.43. The molecule has 1 aliphatic carbocycles. The molecule has 3 nitrogen and oxygen atoms in total. The summed E-state index contributed by atoms with van der Waals surface area (Å²) in [5, 5.41) is 3.40. The van der Waals surface area contributed by atoms with Crippen molar-refractivity contribution < 1.29 is 4.74 Å². The van der Waals surface area contributed by atoms with Crippen LogP contribution in [0.3, 0.4) is 0 Å². The molecule has 1 aromatic rings. The summed E-state index contributed by atoms with van der Waals surface area (Å²) in [5.74, 6) is 0.953. The number of ether oxygens (including phenoxy) is 1. The molecule has 0 bridgehead atoms. The Hall–Kier alpha value is -1.06. The molecule has 3 heteroatoms. The zero-order valence-corrected chi connectivity index (χ0v) is 13.2. The number of nitrogens with zero attached hydrogens (tertiary/aromatic N) is 1. The van der Waals surface area contributed by atoms with Crippen LogP contribution < -0.4 is 10.2 Å². The molecule has 3 rings (SSSR count). The Bertz CT molecular complexity index is 431. The van der Waals surface area contributed by atoms with E-state index in [4.69, 9.17) is 4.74 Å². The maximum absolute atomic E-state index is 5.05. The van der Waals surface area contributed by atoms with Gasteiger partial charge >= 0.3 is 0 Å². The van der Waals surface area contributed by atoms with Gasteiger partial charge in [-0.15, -0.1) is 0 Å². The van der Waals surface area contributed by atoms with Gasteiger partial charge in [-0.25, -0.2) is 0 Å². The number of hydrogen-bond acceptors (Lipinski definition) is 3. The highest BCUT2D eigenvalue weighted by atomic mass is 16.5. The van der Waals surface area contributed by atoms with Crippen molar-refractivity contribution >= 4 is 5.69 Å². The SMILES string of the molecule is COCCNCc1ccc(N2CCCC3CCCC32)cc1. The molecule has 1 heterocycles. The van der Waals surface area contributed by atoms with E-state index in [2.05, 4.69) is 34.5 Å². The number of benzene rings is 1. The molecule has 0 aromatic heterocycles. The van der Waals surface area contributed by atoms with Crippen molar-refractivity contribution in [2.75, 3.05) is 31.7 Å². The van der Waals surface area contributed by atoms with Crippen molar-refractivity contribution in [2.45, 2.75) is 44.7 Å². The van der Waals surface area contributed by atoms with Crippen molar-refractivity contribution in [3.63, 3.8) is 0 Å². The molecule has 2 fully saturated rings.